The lowest BCUT2D eigenvalue weighted by atomic mass is 10.1. The van der Waals surface area contributed by atoms with E-state index in [-0.39, 0.29) is 17.3 Å². The van der Waals surface area contributed by atoms with E-state index in [1.165, 1.54) is 11.8 Å². The van der Waals surface area contributed by atoms with E-state index in [9.17, 15) is 4.79 Å². The first-order chi connectivity index (χ1) is 16.2. The number of hydrogen-bond acceptors (Lipinski definition) is 5. The second-order valence-electron chi connectivity index (χ2n) is 8.26. The maximum atomic E-state index is 12.8. The molecule has 2 N–H and O–H groups in total. The molecule has 0 saturated carbocycles. The van der Waals surface area contributed by atoms with E-state index in [0.29, 0.717) is 13.1 Å². The Morgan fingerprint density at radius 2 is 2.03 bits per heavy atom. The minimum Gasteiger partial charge on any atom is -0.376 e. The molecule has 0 bridgehead atoms. The lowest BCUT2D eigenvalue weighted by molar-refractivity contribution is -0.120. The molecule has 1 aliphatic rings. The van der Waals surface area contributed by atoms with Crippen LogP contribution in [-0.2, 0) is 22.6 Å². The Kier molecular flexibility index (Phi) is 6.46. The lowest BCUT2D eigenvalue weighted by Crippen LogP contribution is -2.30. The SMILES string of the molecule is CC(Sc1nnc(-c2c[nH]c3ccccc23)n1CC1CCCO1)C(=O)NCc1ccccc1. The van der Waals surface area contributed by atoms with Gasteiger partial charge in [-0.1, -0.05) is 60.3 Å². The minimum absolute atomic E-state index is 0.0239. The number of aromatic nitrogens is 4. The molecule has 2 atom stereocenters. The first-order valence-electron chi connectivity index (χ1n) is 11.3. The summed E-state index contributed by atoms with van der Waals surface area (Å²) in [5.74, 6) is 0.770. The van der Waals surface area contributed by atoms with Crippen molar-refractivity contribution in [1.82, 2.24) is 25.1 Å². The van der Waals surface area contributed by atoms with Crippen LogP contribution in [0.4, 0.5) is 0 Å². The highest BCUT2D eigenvalue weighted by Crippen LogP contribution is 2.32. The third-order valence-corrected chi connectivity index (χ3v) is 7.00. The smallest absolute Gasteiger partial charge is 0.233 e. The molecule has 0 aliphatic carbocycles. The van der Waals surface area contributed by atoms with E-state index < -0.39 is 0 Å². The van der Waals surface area contributed by atoms with Crippen LogP contribution >= 0.6 is 11.8 Å². The van der Waals surface area contributed by atoms with Crippen molar-refractivity contribution in [2.45, 2.75) is 49.4 Å². The second kappa shape index (κ2) is 9.80. The van der Waals surface area contributed by atoms with E-state index in [0.717, 1.165) is 52.5 Å². The molecule has 3 heterocycles. The Morgan fingerprint density at radius 1 is 1.21 bits per heavy atom. The van der Waals surface area contributed by atoms with E-state index in [1.807, 2.05) is 55.6 Å². The summed E-state index contributed by atoms with van der Waals surface area (Å²) in [6.45, 7) is 3.87. The normalized spacial score (nSPS) is 16.8. The Morgan fingerprint density at radius 3 is 2.85 bits per heavy atom. The number of carbonyl (C=O) groups excluding carboxylic acids is 1. The van der Waals surface area contributed by atoms with Gasteiger partial charge in [0.25, 0.3) is 0 Å². The molecule has 170 valence electrons. The Balaban J connectivity index is 1.38. The number of benzene rings is 2. The summed E-state index contributed by atoms with van der Waals surface area (Å²) in [5.41, 5.74) is 3.14. The Bertz CT molecular complexity index is 1230. The van der Waals surface area contributed by atoms with Gasteiger partial charge in [-0.05, 0) is 31.4 Å². The quantitative estimate of drug-likeness (QED) is 0.380. The average molecular weight is 462 g/mol. The van der Waals surface area contributed by atoms with Gasteiger partial charge in [0.05, 0.1) is 17.9 Å². The topological polar surface area (TPSA) is 84.8 Å². The molecule has 2 aromatic carbocycles. The number of nitrogens with one attached hydrogen (secondary N) is 2. The van der Waals surface area contributed by atoms with Gasteiger partial charge in [0.1, 0.15) is 0 Å². The standard InChI is InChI=1S/C25H27N5O2S/c1-17(24(31)27-14-18-8-3-2-4-9-18)33-25-29-28-23(30(25)16-19-10-7-13-32-19)21-15-26-22-12-6-5-11-20(21)22/h2-6,8-9,11-12,15,17,19,26H,7,10,13-14,16H2,1H3,(H,27,31). The van der Waals surface area contributed by atoms with Crippen molar-refractivity contribution in [2.24, 2.45) is 0 Å². The third-order valence-electron chi connectivity index (χ3n) is 5.92. The fourth-order valence-corrected chi connectivity index (χ4v) is 5.01. The summed E-state index contributed by atoms with van der Waals surface area (Å²) in [5, 5.41) is 13.6. The Hall–Kier alpha value is -3.10. The molecule has 4 aromatic rings. The highest BCUT2D eigenvalue weighted by molar-refractivity contribution is 8.00. The molecule has 0 radical (unpaired) electrons. The molecule has 8 heteroatoms. The summed E-state index contributed by atoms with van der Waals surface area (Å²) >= 11 is 1.43. The van der Waals surface area contributed by atoms with Gasteiger partial charge in [0, 0.05) is 35.8 Å². The number of carbonyl (C=O) groups is 1. The number of para-hydroxylation sites is 1. The zero-order valence-electron chi connectivity index (χ0n) is 18.5. The van der Waals surface area contributed by atoms with Crippen LogP contribution in [0.25, 0.3) is 22.3 Å². The number of aromatic amines is 1. The molecule has 1 saturated heterocycles. The van der Waals surface area contributed by atoms with Crippen LogP contribution in [0.2, 0.25) is 0 Å². The summed E-state index contributed by atoms with van der Waals surface area (Å²) in [4.78, 5) is 16.1. The number of H-pyrrole nitrogens is 1. The summed E-state index contributed by atoms with van der Waals surface area (Å²) in [6, 6.07) is 18.1. The highest BCUT2D eigenvalue weighted by Gasteiger charge is 2.25. The first kappa shape index (κ1) is 21.7. The van der Waals surface area contributed by atoms with Gasteiger partial charge < -0.3 is 15.0 Å². The van der Waals surface area contributed by atoms with Crippen molar-refractivity contribution in [3.05, 3.63) is 66.4 Å². The van der Waals surface area contributed by atoms with Crippen LogP contribution in [0.5, 0.6) is 0 Å². The van der Waals surface area contributed by atoms with Crippen LogP contribution in [-0.4, -0.2) is 43.6 Å². The lowest BCUT2D eigenvalue weighted by Gasteiger charge is -2.16. The molecule has 2 unspecified atom stereocenters. The zero-order chi connectivity index (χ0) is 22.6. The minimum atomic E-state index is -0.308. The first-order valence-corrected chi connectivity index (χ1v) is 12.2. The number of rotatable bonds is 8. The molecule has 1 amide bonds. The highest BCUT2D eigenvalue weighted by atomic mass is 32.2. The van der Waals surface area contributed by atoms with Crippen molar-refractivity contribution in [3.8, 4) is 11.4 Å². The number of ether oxygens (including phenoxy) is 1. The number of hydrogen-bond donors (Lipinski definition) is 2. The van der Waals surface area contributed by atoms with Gasteiger partial charge in [0.15, 0.2) is 11.0 Å². The average Bonchev–Trinajstić information content (AvgIpc) is 3.59. The molecule has 0 spiro atoms. The van der Waals surface area contributed by atoms with Crippen molar-refractivity contribution in [1.29, 1.82) is 0 Å². The summed E-state index contributed by atoms with van der Waals surface area (Å²) in [6.07, 6.45) is 4.19. The molecule has 1 aliphatic heterocycles. The number of fused-ring (bicyclic) bond motifs is 1. The third kappa shape index (κ3) is 4.82. The van der Waals surface area contributed by atoms with Crippen molar-refractivity contribution in [3.63, 3.8) is 0 Å². The second-order valence-corrected chi connectivity index (χ2v) is 9.57. The van der Waals surface area contributed by atoms with Crippen LogP contribution < -0.4 is 5.32 Å². The van der Waals surface area contributed by atoms with Crippen molar-refractivity contribution in [2.75, 3.05) is 6.61 Å². The predicted molar refractivity (Wildman–Crippen MR) is 130 cm³/mol. The van der Waals surface area contributed by atoms with Gasteiger partial charge in [-0.2, -0.15) is 0 Å². The van der Waals surface area contributed by atoms with Crippen LogP contribution in [0, 0.1) is 0 Å². The van der Waals surface area contributed by atoms with Gasteiger partial charge in [-0.3, -0.25) is 9.36 Å². The molecule has 1 fully saturated rings. The molecule has 5 rings (SSSR count). The number of nitrogens with zero attached hydrogens (tertiary/aromatic N) is 3. The molecule has 2 aromatic heterocycles. The van der Waals surface area contributed by atoms with Gasteiger partial charge in [-0.15, -0.1) is 10.2 Å². The van der Waals surface area contributed by atoms with Crippen molar-refractivity contribution < 1.29 is 9.53 Å². The van der Waals surface area contributed by atoms with Gasteiger partial charge >= 0.3 is 0 Å². The Labute approximate surface area is 196 Å². The maximum Gasteiger partial charge on any atom is 0.233 e. The van der Waals surface area contributed by atoms with E-state index in [2.05, 4.69) is 37.2 Å². The van der Waals surface area contributed by atoms with Gasteiger partial charge in [0.2, 0.25) is 5.91 Å². The van der Waals surface area contributed by atoms with Crippen LogP contribution in [0.15, 0.2) is 66.0 Å². The van der Waals surface area contributed by atoms with E-state index in [1.54, 1.807) is 0 Å². The van der Waals surface area contributed by atoms with E-state index >= 15 is 0 Å². The molecule has 7 nitrogen and oxygen atoms in total. The zero-order valence-corrected chi connectivity index (χ0v) is 19.3. The predicted octanol–water partition coefficient (Wildman–Crippen LogP) is 4.40. The van der Waals surface area contributed by atoms with Crippen molar-refractivity contribution >= 4 is 28.6 Å². The molecular formula is C25H27N5O2S. The molecule has 33 heavy (non-hydrogen) atoms. The van der Waals surface area contributed by atoms with Gasteiger partial charge in [-0.25, -0.2) is 0 Å². The molecular weight excluding hydrogens is 434 g/mol. The number of amides is 1. The monoisotopic (exact) mass is 461 g/mol. The largest absolute Gasteiger partial charge is 0.376 e. The van der Waals surface area contributed by atoms with Crippen LogP contribution in [0.3, 0.4) is 0 Å². The maximum absolute atomic E-state index is 12.8. The fourth-order valence-electron chi connectivity index (χ4n) is 4.13. The fraction of sp³-hybridized carbons (Fsp3) is 0.320. The van der Waals surface area contributed by atoms with Crippen LogP contribution in [0.1, 0.15) is 25.3 Å². The van der Waals surface area contributed by atoms with E-state index in [4.69, 9.17) is 4.74 Å². The summed E-state index contributed by atoms with van der Waals surface area (Å²) in [7, 11) is 0. The number of thioether (sulfide) groups is 1. The summed E-state index contributed by atoms with van der Waals surface area (Å²) < 4.78 is 8.02.